The molecule has 1 aromatic carbocycles. The highest BCUT2D eigenvalue weighted by atomic mass is 32.2. The topological polar surface area (TPSA) is 98.5 Å². The lowest BCUT2D eigenvalue weighted by molar-refractivity contribution is 0.102. The number of benzene rings is 1. The fourth-order valence-corrected chi connectivity index (χ4v) is 3.07. The molecule has 0 unspecified atom stereocenters. The monoisotopic (exact) mass is 312 g/mol. The van der Waals surface area contributed by atoms with E-state index < -0.39 is 15.9 Å². The van der Waals surface area contributed by atoms with Crippen molar-refractivity contribution < 1.29 is 17.9 Å². The minimum absolute atomic E-state index is 0.135. The molecule has 0 spiro atoms. The number of nitrogens with two attached hydrogens (primary N) is 1. The second kappa shape index (κ2) is 5.61. The number of carbonyl (C=O) groups excluding carboxylic acids is 1. The second-order valence-electron chi connectivity index (χ2n) is 3.81. The van der Waals surface area contributed by atoms with Crippen LogP contribution in [0.15, 0.2) is 40.6 Å². The van der Waals surface area contributed by atoms with Crippen LogP contribution in [0.2, 0.25) is 0 Å². The molecule has 6 nitrogen and oxygen atoms in total. The summed E-state index contributed by atoms with van der Waals surface area (Å²) in [6.07, 6.45) is 0. The SMILES string of the molecule is COc1ccsc1C(=O)Nc1ccccc1S(N)(=O)=O. The predicted octanol–water partition coefficient (Wildman–Crippen LogP) is 1.66. The van der Waals surface area contributed by atoms with Crippen LogP contribution in [-0.4, -0.2) is 21.4 Å². The third-order valence-electron chi connectivity index (χ3n) is 2.50. The fraction of sp³-hybridized carbons (Fsp3) is 0.0833. The summed E-state index contributed by atoms with van der Waals surface area (Å²) in [7, 11) is -2.45. The number of anilines is 1. The highest BCUT2D eigenvalue weighted by Gasteiger charge is 2.18. The highest BCUT2D eigenvalue weighted by molar-refractivity contribution is 7.89. The van der Waals surface area contributed by atoms with E-state index in [1.165, 1.54) is 36.6 Å². The van der Waals surface area contributed by atoms with Crippen LogP contribution in [0.3, 0.4) is 0 Å². The Balaban J connectivity index is 2.34. The van der Waals surface area contributed by atoms with Crippen LogP contribution in [-0.2, 0) is 10.0 Å². The molecular weight excluding hydrogens is 300 g/mol. The standard InChI is InChI=1S/C12H12N2O4S2/c1-18-9-6-7-19-11(9)12(15)14-8-4-2-3-5-10(8)20(13,16)17/h2-7H,1H3,(H,14,15)(H2,13,16,17). The Hall–Kier alpha value is -1.90. The summed E-state index contributed by atoms with van der Waals surface area (Å²) in [6, 6.07) is 7.59. The van der Waals surface area contributed by atoms with Gasteiger partial charge in [-0.15, -0.1) is 11.3 Å². The Labute approximate surface area is 120 Å². The van der Waals surface area contributed by atoms with E-state index >= 15 is 0 Å². The fourth-order valence-electron chi connectivity index (χ4n) is 1.62. The van der Waals surface area contributed by atoms with Crippen molar-refractivity contribution in [2.45, 2.75) is 4.90 Å². The Morgan fingerprint density at radius 3 is 2.65 bits per heavy atom. The maximum atomic E-state index is 12.1. The van der Waals surface area contributed by atoms with Gasteiger partial charge in [-0.2, -0.15) is 0 Å². The Kier molecular flexibility index (Phi) is 4.07. The molecule has 0 saturated heterocycles. The van der Waals surface area contributed by atoms with Crippen molar-refractivity contribution in [1.29, 1.82) is 0 Å². The van der Waals surface area contributed by atoms with Gasteiger partial charge in [0, 0.05) is 0 Å². The first-order chi connectivity index (χ1) is 9.43. The molecule has 0 aliphatic carbocycles. The van der Waals surface area contributed by atoms with Crippen LogP contribution >= 0.6 is 11.3 Å². The molecule has 0 bridgehead atoms. The van der Waals surface area contributed by atoms with Crippen LogP contribution in [0.4, 0.5) is 5.69 Å². The summed E-state index contributed by atoms with van der Waals surface area (Å²) in [5.41, 5.74) is 0.135. The summed E-state index contributed by atoms with van der Waals surface area (Å²) in [5.74, 6) is -0.0199. The third kappa shape index (κ3) is 2.98. The van der Waals surface area contributed by atoms with E-state index in [0.29, 0.717) is 10.6 Å². The molecule has 0 fully saturated rings. The summed E-state index contributed by atoms with van der Waals surface area (Å²) in [6.45, 7) is 0. The first-order valence-electron chi connectivity index (χ1n) is 5.48. The second-order valence-corrected chi connectivity index (χ2v) is 6.26. The molecule has 2 aromatic rings. The number of sulfonamides is 1. The molecule has 106 valence electrons. The first-order valence-corrected chi connectivity index (χ1v) is 7.90. The maximum Gasteiger partial charge on any atom is 0.269 e. The molecular formula is C12H12N2O4S2. The average molecular weight is 312 g/mol. The van der Waals surface area contributed by atoms with E-state index in [0.717, 1.165) is 0 Å². The minimum atomic E-state index is -3.91. The number of methoxy groups -OCH3 is 1. The number of primary sulfonamides is 1. The van der Waals surface area contributed by atoms with Crippen molar-refractivity contribution in [2.24, 2.45) is 5.14 Å². The predicted molar refractivity (Wildman–Crippen MR) is 76.6 cm³/mol. The van der Waals surface area contributed by atoms with Gasteiger partial charge in [-0.05, 0) is 23.6 Å². The summed E-state index contributed by atoms with van der Waals surface area (Å²) in [5, 5.41) is 9.34. The van der Waals surface area contributed by atoms with Gasteiger partial charge < -0.3 is 10.1 Å². The van der Waals surface area contributed by atoms with E-state index in [9.17, 15) is 13.2 Å². The number of ether oxygens (including phenoxy) is 1. The zero-order valence-corrected chi connectivity index (χ0v) is 12.1. The van der Waals surface area contributed by atoms with Crippen molar-refractivity contribution in [3.63, 3.8) is 0 Å². The number of carbonyl (C=O) groups is 1. The number of para-hydroxylation sites is 1. The zero-order valence-electron chi connectivity index (χ0n) is 10.5. The number of thiophene rings is 1. The molecule has 2 rings (SSSR count). The largest absolute Gasteiger partial charge is 0.495 e. The van der Waals surface area contributed by atoms with Crippen LogP contribution in [0, 0.1) is 0 Å². The van der Waals surface area contributed by atoms with Gasteiger partial charge >= 0.3 is 0 Å². The van der Waals surface area contributed by atoms with Gasteiger partial charge in [0.05, 0.1) is 12.8 Å². The van der Waals surface area contributed by atoms with E-state index in [4.69, 9.17) is 9.88 Å². The molecule has 1 heterocycles. The van der Waals surface area contributed by atoms with Crippen molar-refractivity contribution in [3.8, 4) is 5.75 Å². The van der Waals surface area contributed by atoms with Crippen LogP contribution in [0.1, 0.15) is 9.67 Å². The quantitative estimate of drug-likeness (QED) is 0.897. The molecule has 0 atom stereocenters. The lowest BCUT2D eigenvalue weighted by Crippen LogP contribution is -2.18. The van der Waals surface area contributed by atoms with Gasteiger partial charge in [0.15, 0.2) is 0 Å². The number of rotatable bonds is 4. The van der Waals surface area contributed by atoms with E-state index in [-0.39, 0.29) is 10.6 Å². The molecule has 20 heavy (non-hydrogen) atoms. The lowest BCUT2D eigenvalue weighted by Gasteiger charge is -2.09. The highest BCUT2D eigenvalue weighted by Crippen LogP contribution is 2.27. The van der Waals surface area contributed by atoms with Crippen LogP contribution in [0.5, 0.6) is 5.75 Å². The zero-order chi connectivity index (χ0) is 14.8. The average Bonchev–Trinajstić information content (AvgIpc) is 2.86. The van der Waals surface area contributed by atoms with Gasteiger partial charge in [-0.25, -0.2) is 13.6 Å². The normalized spacial score (nSPS) is 11.1. The van der Waals surface area contributed by atoms with E-state index in [2.05, 4.69) is 5.32 Å². The number of hydrogen-bond donors (Lipinski definition) is 2. The molecule has 1 aromatic heterocycles. The lowest BCUT2D eigenvalue weighted by atomic mass is 10.3. The summed E-state index contributed by atoms with van der Waals surface area (Å²) in [4.78, 5) is 12.3. The van der Waals surface area contributed by atoms with Gasteiger partial charge in [0.2, 0.25) is 10.0 Å². The summed E-state index contributed by atoms with van der Waals surface area (Å²) >= 11 is 1.20. The number of amides is 1. The Morgan fingerprint density at radius 1 is 1.30 bits per heavy atom. The van der Waals surface area contributed by atoms with Crippen molar-refractivity contribution in [3.05, 3.63) is 40.6 Å². The smallest absolute Gasteiger partial charge is 0.269 e. The van der Waals surface area contributed by atoms with E-state index in [1.807, 2.05) is 0 Å². The maximum absolute atomic E-state index is 12.1. The van der Waals surface area contributed by atoms with Gasteiger partial charge in [-0.3, -0.25) is 4.79 Å². The molecule has 0 saturated carbocycles. The molecule has 3 N–H and O–H groups in total. The molecule has 8 heteroatoms. The molecule has 0 radical (unpaired) electrons. The number of nitrogens with one attached hydrogen (secondary N) is 1. The minimum Gasteiger partial charge on any atom is -0.495 e. The molecule has 0 aliphatic rings. The molecule has 0 aliphatic heterocycles. The van der Waals surface area contributed by atoms with Crippen molar-refractivity contribution >= 4 is 33.0 Å². The van der Waals surface area contributed by atoms with Crippen LogP contribution in [0.25, 0.3) is 0 Å². The summed E-state index contributed by atoms with van der Waals surface area (Å²) < 4.78 is 27.9. The molecule has 1 amide bonds. The van der Waals surface area contributed by atoms with Crippen molar-refractivity contribution in [1.82, 2.24) is 0 Å². The van der Waals surface area contributed by atoms with E-state index in [1.54, 1.807) is 17.5 Å². The van der Waals surface area contributed by atoms with Crippen molar-refractivity contribution in [2.75, 3.05) is 12.4 Å². The van der Waals surface area contributed by atoms with Crippen LogP contribution < -0.4 is 15.2 Å². The first kappa shape index (κ1) is 14.5. The number of hydrogen-bond acceptors (Lipinski definition) is 5. The van der Waals surface area contributed by atoms with Gasteiger partial charge in [-0.1, -0.05) is 12.1 Å². The van der Waals surface area contributed by atoms with Gasteiger partial charge in [0.1, 0.15) is 15.5 Å². The Morgan fingerprint density at radius 2 is 2.00 bits per heavy atom. The Bertz CT molecular complexity index is 737. The third-order valence-corrected chi connectivity index (χ3v) is 4.36. The van der Waals surface area contributed by atoms with Gasteiger partial charge in [0.25, 0.3) is 5.91 Å².